The molecule has 0 aliphatic rings. The van der Waals surface area contributed by atoms with E-state index in [0.29, 0.717) is 11.8 Å². The molecule has 2 nitrogen and oxygen atoms in total. The fraction of sp³-hybridized carbons (Fsp3) is 0.667. The zero-order valence-electron chi connectivity index (χ0n) is 14.5. The van der Waals surface area contributed by atoms with Gasteiger partial charge in [-0.15, -0.1) is 0 Å². The summed E-state index contributed by atoms with van der Waals surface area (Å²) < 4.78 is 7.44. The van der Waals surface area contributed by atoms with Crippen molar-refractivity contribution in [3.05, 3.63) is 28.2 Å². The highest BCUT2D eigenvalue weighted by atomic mass is 79.9. The summed E-state index contributed by atoms with van der Waals surface area (Å²) in [5.74, 6) is 1.91. The Morgan fingerprint density at radius 1 is 1.14 bits per heavy atom. The second-order valence-electron chi connectivity index (χ2n) is 7.37. The van der Waals surface area contributed by atoms with Crippen LogP contribution in [0.1, 0.15) is 59.9 Å². The Morgan fingerprint density at radius 2 is 1.76 bits per heavy atom. The molecule has 1 aromatic carbocycles. The Kier molecular flexibility index (Phi) is 6.73. The number of hydrogen-bond acceptors (Lipinski definition) is 2. The molecule has 0 saturated heterocycles. The predicted octanol–water partition coefficient (Wildman–Crippen LogP) is 5.36. The quantitative estimate of drug-likeness (QED) is 0.740. The van der Waals surface area contributed by atoms with Crippen LogP contribution in [0, 0.1) is 5.92 Å². The van der Waals surface area contributed by atoms with E-state index in [1.165, 1.54) is 5.56 Å². The lowest BCUT2D eigenvalue weighted by molar-refractivity contribution is 0.138. The number of halogens is 1. The van der Waals surface area contributed by atoms with Crippen LogP contribution in [0.2, 0.25) is 0 Å². The van der Waals surface area contributed by atoms with Gasteiger partial charge in [-0.3, -0.25) is 0 Å². The Balaban J connectivity index is 2.89. The zero-order chi connectivity index (χ0) is 16.2. The van der Waals surface area contributed by atoms with Crippen molar-refractivity contribution >= 4 is 15.9 Å². The lowest BCUT2D eigenvalue weighted by Crippen LogP contribution is -2.44. The van der Waals surface area contributed by atoms with Gasteiger partial charge in [0.25, 0.3) is 0 Å². The van der Waals surface area contributed by atoms with Crippen LogP contribution in [0.3, 0.4) is 0 Å². The molecule has 1 aromatic rings. The molecule has 0 saturated carbocycles. The molecule has 0 aliphatic carbocycles. The van der Waals surface area contributed by atoms with E-state index in [9.17, 15) is 0 Å². The zero-order valence-corrected chi connectivity index (χ0v) is 16.0. The summed E-state index contributed by atoms with van der Waals surface area (Å²) in [7, 11) is 0. The number of ether oxygens (including phenoxy) is 1. The molecule has 1 N–H and O–H groups in total. The second kappa shape index (κ2) is 7.64. The van der Waals surface area contributed by atoms with Crippen LogP contribution in [0.4, 0.5) is 0 Å². The first kappa shape index (κ1) is 18.5. The van der Waals surface area contributed by atoms with E-state index >= 15 is 0 Å². The third kappa shape index (κ3) is 6.39. The van der Waals surface area contributed by atoms with Crippen LogP contribution in [0.25, 0.3) is 0 Å². The molecule has 1 rings (SSSR count). The molecule has 0 amide bonds. The minimum Gasteiger partial charge on any atom is -0.489 e. The fourth-order valence-corrected chi connectivity index (χ4v) is 2.44. The summed E-state index contributed by atoms with van der Waals surface area (Å²) in [6, 6.07) is 6.29. The van der Waals surface area contributed by atoms with Gasteiger partial charge < -0.3 is 10.1 Å². The summed E-state index contributed by atoms with van der Waals surface area (Å²) in [6.07, 6.45) is 0.169. The van der Waals surface area contributed by atoms with Gasteiger partial charge in [0, 0.05) is 16.6 Å². The van der Waals surface area contributed by atoms with E-state index in [4.69, 9.17) is 4.74 Å². The molecule has 1 atom stereocenters. The highest BCUT2D eigenvalue weighted by Gasteiger charge is 2.20. The van der Waals surface area contributed by atoms with Crippen molar-refractivity contribution < 1.29 is 4.74 Å². The smallest absolute Gasteiger partial charge is 0.123 e. The van der Waals surface area contributed by atoms with E-state index in [1.54, 1.807) is 0 Å². The van der Waals surface area contributed by atoms with Crippen molar-refractivity contribution in [2.45, 2.75) is 66.0 Å². The Morgan fingerprint density at radius 3 is 2.24 bits per heavy atom. The largest absolute Gasteiger partial charge is 0.489 e. The maximum atomic E-state index is 6.34. The lowest BCUT2D eigenvalue weighted by Gasteiger charge is -2.29. The van der Waals surface area contributed by atoms with E-state index in [-0.39, 0.29) is 11.6 Å². The first-order valence-corrected chi connectivity index (χ1v) is 8.60. The summed E-state index contributed by atoms with van der Waals surface area (Å²) in [5.41, 5.74) is 1.36. The molecule has 21 heavy (non-hydrogen) atoms. The first-order chi connectivity index (χ1) is 9.60. The third-order valence-corrected chi connectivity index (χ3v) is 3.94. The average molecular weight is 356 g/mol. The normalized spacial score (nSPS) is 13.8. The molecule has 0 heterocycles. The van der Waals surface area contributed by atoms with E-state index < -0.39 is 0 Å². The first-order valence-electron chi connectivity index (χ1n) is 7.81. The average Bonchev–Trinajstić information content (AvgIpc) is 2.34. The molecule has 0 fully saturated rings. The van der Waals surface area contributed by atoms with Gasteiger partial charge in [0.05, 0.1) is 0 Å². The second-order valence-corrected chi connectivity index (χ2v) is 8.28. The van der Waals surface area contributed by atoms with E-state index in [2.05, 4.69) is 87.9 Å². The number of rotatable bonds is 6. The Hall–Kier alpha value is -0.540. The maximum Gasteiger partial charge on any atom is 0.123 e. The molecule has 0 spiro atoms. The summed E-state index contributed by atoms with van der Waals surface area (Å²) >= 11 is 3.55. The summed E-state index contributed by atoms with van der Waals surface area (Å²) in [5, 5.41) is 3.55. The van der Waals surface area contributed by atoms with Crippen LogP contribution in [0.5, 0.6) is 5.75 Å². The van der Waals surface area contributed by atoms with Crippen LogP contribution in [-0.2, 0) is 0 Å². The highest BCUT2D eigenvalue weighted by molar-refractivity contribution is 9.10. The van der Waals surface area contributed by atoms with Gasteiger partial charge in [-0.05, 0) is 56.4 Å². The monoisotopic (exact) mass is 355 g/mol. The SMILES string of the molecule is CC(C)c1cc(Br)ccc1OC(CNC(C)(C)C)C(C)C. The number of nitrogens with one attached hydrogen (secondary N) is 1. The van der Waals surface area contributed by atoms with Crippen molar-refractivity contribution in [2.24, 2.45) is 5.92 Å². The standard InChI is InChI=1S/C18H30BrNO/c1-12(2)15-10-14(19)8-9-16(15)21-17(13(3)4)11-20-18(5,6)7/h8-10,12-13,17,20H,11H2,1-7H3. The fourth-order valence-electron chi connectivity index (χ4n) is 2.06. The maximum absolute atomic E-state index is 6.34. The minimum absolute atomic E-state index is 0.108. The van der Waals surface area contributed by atoms with Gasteiger partial charge in [0.1, 0.15) is 11.9 Å². The molecule has 0 bridgehead atoms. The van der Waals surface area contributed by atoms with E-state index in [1.807, 2.05) is 0 Å². The molecule has 120 valence electrons. The third-order valence-electron chi connectivity index (χ3n) is 3.45. The van der Waals surface area contributed by atoms with Gasteiger partial charge in [0.15, 0.2) is 0 Å². The van der Waals surface area contributed by atoms with Gasteiger partial charge in [-0.2, -0.15) is 0 Å². The van der Waals surface area contributed by atoms with Gasteiger partial charge in [0.2, 0.25) is 0 Å². The number of benzene rings is 1. The summed E-state index contributed by atoms with van der Waals surface area (Å²) in [4.78, 5) is 0. The molecule has 0 aromatic heterocycles. The Labute approximate surface area is 138 Å². The Bertz CT molecular complexity index is 449. The van der Waals surface area contributed by atoms with Crippen LogP contribution < -0.4 is 10.1 Å². The van der Waals surface area contributed by atoms with Crippen molar-refractivity contribution in [1.82, 2.24) is 5.32 Å². The number of hydrogen-bond donors (Lipinski definition) is 1. The van der Waals surface area contributed by atoms with Crippen LogP contribution >= 0.6 is 15.9 Å². The van der Waals surface area contributed by atoms with Crippen LogP contribution in [-0.4, -0.2) is 18.2 Å². The van der Waals surface area contributed by atoms with Gasteiger partial charge >= 0.3 is 0 Å². The molecular formula is C18H30BrNO. The van der Waals surface area contributed by atoms with Gasteiger partial charge in [-0.25, -0.2) is 0 Å². The van der Waals surface area contributed by atoms with Crippen molar-refractivity contribution in [1.29, 1.82) is 0 Å². The van der Waals surface area contributed by atoms with Crippen molar-refractivity contribution in [2.75, 3.05) is 6.54 Å². The highest BCUT2D eigenvalue weighted by Crippen LogP contribution is 2.31. The minimum atomic E-state index is 0.108. The molecule has 0 radical (unpaired) electrons. The topological polar surface area (TPSA) is 21.3 Å². The van der Waals surface area contributed by atoms with Gasteiger partial charge in [-0.1, -0.05) is 43.6 Å². The van der Waals surface area contributed by atoms with E-state index in [0.717, 1.165) is 16.8 Å². The predicted molar refractivity (Wildman–Crippen MR) is 95.2 cm³/mol. The molecule has 3 heteroatoms. The van der Waals surface area contributed by atoms with Crippen LogP contribution in [0.15, 0.2) is 22.7 Å². The molecular weight excluding hydrogens is 326 g/mol. The van der Waals surface area contributed by atoms with Crippen molar-refractivity contribution in [3.63, 3.8) is 0 Å². The van der Waals surface area contributed by atoms with Crippen molar-refractivity contribution in [3.8, 4) is 5.75 Å². The summed E-state index contributed by atoms with van der Waals surface area (Å²) in [6.45, 7) is 16.2. The lowest BCUT2D eigenvalue weighted by atomic mass is 10.0. The molecule has 1 unspecified atom stereocenters. The molecule has 0 aliphatic heterocycles.